The molecule has 76 heavy (non-hydrogen) atoms. The lowest BCUT2D eigenvalue weighted by molar-refractivity contribution is 1.06. The lowest BCUT2D eigenvalue weighted by Crippen LogP contribution is -2.14. The summed E-state index contributed by atoms with van der Waals surface area (Å²) in [6.07, 6.45) is 3.72. The highest BCUT2D eigenvalue weighted by Gasteiger charge is 2.34. The van der Waals surface area contributed by atoms with Gasteiger partial charge in [-0.1, -0.05) is 133 Å². The Balaban J connectivity index is 1.15. The molecular formula is C67H34N6S3. The molecule has 0 fully saturated rings. The quantitative estimate of drug-likeness (QED) is 0.176. The van der Waals surface area contributed by atoms with Crippen LogP contribution in [0.15, 0.2) is 207 Å². The van der Waals surface area contributed by atoms with E-state index in [0.717, 1.165) is 82.2 Å². The first-order valence-corrected chi connectivity index (χ1v) is 27.6. The van der Waals surface area contributed by atoms with Crippen molar-refractivity contribution in [3.05, 3.63) is 218 Å². The first kappa shape index (κ1) is 41.8. The molecule has 0 bridgehead atoms. The highest BCUT2D eigenvalue weighted by atomic mass is 32.1. The molecule has 0 N–H and O–H groups in total. The van der Waals surface area contributed by atoms with E-state index in [4.69, 9.17) is 4.98 Å². The average molecular weight is 1020 g/mol. The number of fused-ring (bicyclic) bond motifs is 21. The number of thiophene rings is 3. The van der Waals surface area contributed by atoms with E-state index in [0.29, 0.717) is 11.4 Å². The van der Waals surface area contributed by atoms with Gasteiger partial charge in [0.05, 0.1) is 61.3 Å². The zero-order chi connectivity index (χ0) is 49.9. The number of para-hydroxylation sites is 3. The number of hydrogen-bond acceptors (Lipinski definition) is 6. The smallest absolute Gasteiger partial charge is 0.103 e. The molecular weight excluding hydrogens is 985 g/mol. The lowest BCUT2D eigenvalue weighted by atomic mass is 9.92. The summed E-state index contributed by atoms with van der Waals surface area (Å²) in [5.74, 6) is 0. The van der Waals surface area contributed by atoms with Crippen LogP contribution in [-0.2, 0) is 0 Å². The maximum Gasteiger partial charge on any atom is 0.103 e. The second kappa shape index (κ2) is 15.5. The van der Waals surface area contributed by atoms with Crippen molar-refractivity contribution in [2.24, 2.45) is 0 Å². The molecule has 0 aliphatic carbocycles. The number of hydrogen-bond donors (Lipinski definition) is 0. The molecule has 10 aromatic carbocycles. The van der Waals surface area contributed by atoms with Gasteiger partial charge in [-0.2, -0.15) is 10.5 Å². The maximum absolute atomic E-state index is 12.3. The third-order valence-electron chi connectivity index (χ3n) is 15.8. The van der Waals surface area contributed by atoms with Gasteiger partial charge in [0.1, 0.15) is 12.1 Å². The standard InChI is InChI=1S/C67H34N6S3/c68-34-47-48(35-69)63(72-50-22-8-2-19-45(50)60-53(72)31-28-42-39-16-5-11-25-56(39)75-66(42)60)64(73-51-23-9-3-20-46(51)61-54(73)32-29-43-40-17-6-12-26-57(40)76-67(43)61)58(37-14-13-33-70-36-37)62(47)71-49-21-7-1-18-44(49)59-52(71)30-27-41-38-15-4-10-24-55(38)74-65(41)59/h1-33,36H. The zero-order valence-corrected chi connectivity index (χ0v) is 42.5. The van der Waals surface area contributed by atoms with Gasteiger partial charge in [-0.05, 0) is 60.7 Å². The molecule has 0 aliphatic heterocycles. The summed E-state index contributed by atoms with van der Waals surface area (Å²) in [6.45, 7) is 0. The Bertz CT molecular complexity index is 5510. The van der Waals surface area contributed by atoms with Crippen LogP contribution in [0.2, 0.25) is 0 Å². The van der Waals surface area contributed by atoms with Crippen molar-refractivity contribution in [3.63, 3.8) is 0 Å². The molecule has 0 saturated carbocycles. The van der Waals surface area contributed by atoms with E-state index < -0.39 is 0 Å². The molecule has 0 aliphatic rings. The molecule has 7 aromatic heterocycles. The van der Waals surface area contributed by atoms with Gasteiger partial charge < -0.3 is 13.7 Å². The summed E-state index contributed by atoms with van der Waals surface area (Å²) >= 11 is 5.41. The predicted molar refractivity (Wildman–Crippen MR) is 321 cm³/mol. The normalized spacial score (nSPS) is 12.2. The summed E-state index contributed by atoms with van der Waals surface area (Å²) in [4.78, 5) is 4.86. The number of pyridine rings is 1. The molecule has 0 unspecified atom stereocenters. The van der Waals surface area contributed by atoms with Crippen molar-refractivity contribution >= 4 is 160 Å². The molecule has 0 spiro atoms. The molecule has 17 rings (SSSR count). The largest absolute Gasteiger partial charge is 0.307 e. The minimum Gasteiger partial charge on any atom is -0.307 e. The van der Waals surface area contributed by atoms with Gasteiger partial charge in [0.2, 0.25) is 0 Å². The van der Waals surface area contributed by atoms with E-state index in [1.165, 1.54) is 60.5 Å². The van der Waals surface area contributed by atoms with Gasteiger partial charge in [-0.25, -0.2) is 0 Å². The topological polar surface area (TPSA) is 75.3 Å². The van der Waals surface area contributed by atoms with E-state index >= 15 is 0 Å². The van der Waals surface area contributed by atoms with Gasteiger partial charge >= 0.3 is 0 Å². The fraction of sp³-hybridized carbons (Fsp3) is 0. The second-order valence-electron chi connectivity index (χ2n) is 19.5. The van der Waals surface area contributed by atoms with Crippen molar-refractivity contribution in [2.75, 3.05) is 0 Å². The van der Waals surface area contributed by atoms with E-state index in [2.05, 4.69) is 214 Å². The van der Waals surface area contributed by atoms with Crippen LogP contribution in [0.5, 0.6) is 0 Å². The van der Waals surface area contributed by atoms with E-state index in [1.807, 2.05) is 23.6 Å². The summed E-state index contributed by atoms with van der Waals surface area (Å²) in [5.41, 5.74) is 9.92. The SMILES string of the molecule is N#Cc1c(C#N)c(-n2c3ccccc3c3c4sc5ccccc5c4ccc32)c(-n2c3ccccc3c3c4sc5ccccc5c4ccc32)c(-c2cccnc2)c1-n1c2ccccc2c2c3sc4ccccc4c3ccc21. The number of nitrogens with zero attached hydrogens (tertiary/aromatic N) is 6. The molecule has 0 saturated heterocycles. The van der Waals surface area contributed by atoms with Gasteiger partial charge in [0.15, 0.2) is 0 Å². The van der Waals surface area contributed by atoms with Gasteiger partial charge in [0, 0.05) is 116 Å². The molecule has 0 radical (unpaired) electrons. The Morgan fingerprint density at radius 3 is 1.11 bits per heavy atom. The number of nitriles is 2. The summed E-state index contributed by atoms with van der Waals surface area (Å²) in [5, 5.41) is 38.3. The minimum absolute atomic E-state index is 0.278. The molecule has 6 nitrogen and oxygen atoms in total. The van der Waals surface area contributed by atoms with Gasteiger partial charge in [-0.3, -0.25) is 4.98 Å². The van der Waals surface area contributed by atoms with Crippen LogP contribution in [0.25, 0.3) is 154 Å². The fourth-order valence-corrected chi connectivity index (χ4v) is 16.6. The van der Waals surface area contributed by atoms with E-state index in [1.54, 1.807) is 28.9 Å². The predicted octanol–water partition coefficient (Wildman–Crippen LogP) is 18.9. The number of aromatic nitrogens is 4. The fourth-order valence-electron chi connectivity index (χ4n) is 12.8. The highest BCUT2D eigenvalue weighted by molar-refractivity contribution is 7.27. The van der Waals surface area contributed by atoms with Crippen LogP contribution in [0.3, 0.4) is 0 Å². The van der Waals surface area contributed by atoms with Crippen molar-refractivity contribution in [2.45, 2.75) is 0 Å². The highest BCUT2D eigenvalue weighted by Crippen LogP contribution is 2.53. The maximum atomic E-state index is 12.3. The third-order valence-corrected chi connectivity index (χ3v) is 19.4. The van der Waals surface area contributed by atoms with Gasteiger partial charge in [-0.15, -0.1) is 34.0 Å². The Hall–Kier alpha value is -9.61. The zero-order valence-electron chi connectivity index (χ0n) is 40.0. The Labute approximate surface area is 444 Å². The monoisotopic (exact) mass is 1020 g/mol. The summed E-state index contributed by atoms with van der Waals surface area (Å²) in [7, 11) is 0. The first-order valence-electron chi connectivity index (χ1n) is 25.1. The van der Waals surface area contributed by atoms with Crippen molar-refractivity contribution in [3.8, 4) is 40.3 Å². The summed E-state index contributed by atoms with van der Waals surface area (Å²) in [6, 6.07) is 74.7. The Morgan fingerprint density at radius 1 is 0.329 bits per heavy atom. The second-order valence-corrected chi connectivity index (χ2v) is 22.7. The Kier molecular flexibility index (Phi) is 8.51. The minimum atomic E-state index is 0.278. The van der Waals surface area contributed by atoms with Crippen LogP contribution in [-0.4, -0.2) is 18.7 Å². The van der Waals surface area contributed by atoms with Crippen molar-refractivity contribution in [1.82, 2.24) is 18.7 Å². The van der Waals surface area contributed by atoms with E-state index in [9.17, 15) is 10.5 Å². The lowest BCUT2D eigenvalue weighted by Gasteiger charge is -2.26. The molecule has 17 aromatic rings. The third kappa shape index (κ3) is 5.38. The molecule has 0 amide bonds. The van der Waals surface area contributed by atoms with Crippen LogP contribution in [0.4, 0.5) is 0 Å². The van der Waals surface area contributed by atoms with Crippen LogP contribution in [0, 0.1) is 22.7 Å². The Morgan fingerprint density at radius 2 is 0.697 bits per heavy atom. The van der Waals surface area contributed by atoms with E-state index in [-0.39, 0.29) is 11.1 Å². The van der Waals surface area contributed by atoms with Crippen LogP contribution in [0.1, 0.15) is 11.1 Å². The molecule has 7 heterocycles. The van der Waals surface area contributed by atoms with Gasteiger partial charge in [0.25, 0.3) is 0 Å². The summed E-state index contributed by atoms with van der Waals surface area (Å²) < 4.78 is 14.2. The van der Waals surface area contributed by atoms with Crippen LogP contribution >= 0.6 is 34.0 Å². The number of benzene rings is 10. The number of rotatable bonds is 4. The van der Waals surface area contributed by atoms with Crippen molar-refractivity contribution < 1.29 is 0 Å². The first-order chi connectivity index (χ1) is 37.7. The molecule has 9 heteroatoms. The van der Waals surface area contributed by atoms with Crippen molar-refractivity contribution in [1.29, 1.82) is 10.5 Å². The van der Waals surface area contributed by atoms with Crippen LogP contribution < -0.4 is 0 Å². The average Bonchev–Trinajstić information content (AvgIpc) is 4.50. The molecule has 350 valence electrons. The molecule has 0 atom stereocenters.